The predicted octanol–water partition coefficient (Wildman–Crippen LogP) is 0.855. The Labute approximate surface area is 99.6 Å². The van der Waals surface area contributed by atoms with Gasteiger partial charge in [-0.3, -0.25) is 9.59 Å². The Morgan fingerprint density at radius 2 is 2.35 bits per heavy atom. The molecule has 0 spiro atoms. The zero-order valence-corrected chi connectivity index (χ0v) is 9.91. The van der Waals surface area contributed by atoms with E-state index in [4.69, 9.17) is 0 Å². The van der Waals surface area contributed by atoms with Gasteiger partial charge in [0, 0.05) is 19.2 Å². The molecule has 2 rings (SSSR count). The first-order chi connectivity index (χ1) is 7.99. The van der Waals surface area contributed by atoms with Crippen molar-refractivity contribution >= 4 is 17.6 Å². The fourth-order valence-corrected chi connectivity index (χ4v) is 1.81. The number of anilines is 1. The minimum absolute atomic E-state index is 0.0835. The van der Waals surface area contributed by atoms with Gasteiger partial charge in [0.2, 0.25) is 11.8 Å². The first kappa shape index (κ1) is 11.6. The highest BCUT2D eigenvalue weighted by Gasteiger charge is 2.40. The van der Waals surface area contributed by atoms with Crippen LogP contribution in [0.4, 0.5) is 5.82 Å². The molecular weight excluding hydrogens is 218 g/mol. The van der Waals surface area contributed by atoms with Crippen LogP contribution in [0.3, 0.4) is 0 Å². The van der Waals surface area contributed by atoms with Crippen molar-refractivity contribution in [2.24, 2.45) is 5.41 Å². The lowest BCUT2D eigenvalue weighted by molar-refractivity contribution is -0.126. The number of rotatable bonds is 2. The maximum atomic E-state index is 12.1. The molecule has 1 aromatic rings. The fourth-order valence-electron chi connectivity index (χ4n) is 1.81. The summed E-state index contributed by atoms with van der Waals surface area (Å²) in [6.07, 6.45) is 1.87. The van der Waals surface area contributed by atoms with Crippen LogP contribution in [0.2, 0.25) is 0 Å². The van der Waals surface area contributed by atoms with Gasteiger partial charge in [0.25, 0.3) is 0 Å². The first-order valence-corrected chi connectivity index (χ1v) is 5.50. The molecule has 0 saturated carbocycles. The summed E-state index contributed by atoms with van der Waals surface area (Å²) in [5.41, 5.74) is 0.351. The van der Waals surface area contributed by atoms with Crippen LogP contribution in [0.5, 0.6) is 0 Å². The minimum atomic E-state index is -0.678. The summed E-state index contributed by atoms with van der Waals surface area (Å²) in [6.45, 7) is 4.08. The van der Waals surface area contributed by atoms with Crippen LogP contribution in [0.1, 0.15) is 18.9 Å². The van der Waals surface area contributed by atoms with E-state index in [0.717, 1.165) is 5.56 Å². The third-order valence-electron chi connectivity index (χ3n) is 2.93. The van der Waals surface area contributed by atoms with E-state index >= 15 is 0 Å². The summed E-state index contributed by atoms with van der Waals surface area (Å²) in [6, 6.07) is 3.66. The van der Waals surface area contributed by atoms with Crippen LogP contribution in [0, 0.1) is 12.3 Å². The molecule has 0 aliphatic carbocycles. The van der Waals surface area contributed by atoms with Crippen molar-refractivity contribution in [1.29, 1.82) is 0 Å². The summed E-state index contributed by atoms with van der Waals surface area (Å²) in [5, 5.41) is 5.41. The van der Waals surface area contributed by atoms with E-state index in [-0.39, 0.29) is 18.2 Å². The van der Waals surface area contributed by atoms with Gasteiger partial charge in [-0.15, -0.1) is 0 Å². The average Bonchev–Trinajstić information content (AvgIpc) is 2.60. The van der Waals surface area contributed by atoms with Gasteiger partial charge in [0.05, 0.1) is 5.41 Å². The Balaban J connectivity index is 2.09. The smallest absolute Gasteiger partial charge is 0.233 e. The van der Waals surface area contributed by atoms with Crippen molar-refractivity contribution in [2.45, 2.75) is 20.3 Å². The molecule has 0 bridgehead atoms. The van der Waals surface area contributed by atoms with E-state index in [1.807, 2.05) is 13.0 Å². The number of carbonyl (C=O) groups is 2. The average molecular weight is 233 g/mol. The highest BCUT2D eigenvalue weighted by atomic mass is 16.2. The zero-order chi connectivity index (χ0) is 12.5. The van der Waals surface area contributed by atoms with E-state index in [1.165, 1.54) is 0 Å². The normalized spacial score (nSPS) is 23.3. The van der Waals surface area contributed by atoms with Gasteiger partial charge in [0.1, 0.15) is 5.82 Å². The number of aromatic nitrogens is 1. The molecule has 2 amide bonds. The number of carbonyl (C=O) groups excluding carboxylic acids is 2. The molecule has 1 unspecified atom stereocenters. The molecule has 1 aliphatic heterocycles. The molecule has 1 fully saturated rings. The third-order valence-corrected chi connectivity index (χ3v) is 2.93. The lowest BCUT2D eigenvalue weighted by Crippen LogP contribution is -2.35. The number of amides is 2. The standard InChI is InChI=1S/C12H15N3O2/c1-8-3-4-13-9(5-8)15-11(17)12(2)6-10(16)14-7-12/h3-5H,6-7H2,1-2H3,(H,14,16)(H,13,15,17). The van der Waals surface area contributed by atoms with Crippen LogP contribution < -0.4 is 10.6 Å². The van der Waals surface area contributed by atoms with Crippen molar-refractivity contribution in [3.05, 3.63) is 23.9 Å². The van der Waals surface area contributed by atoms with E-state index in [0.29, 0.717) is 12.4 Å². The highest BCUT2D eigenvalue weighted by Crippen LogP contribution is 2.26. The summed E-state index contributed by atoms with van der Waals surface area (Å²) in [7, 11) is 0. The summed E-state index contributed by atoms with van der Waals surface area (Å²) < 4.78 is 0. The van der Waals surface area contributed by atoms with Crippen LogP contribution in [0.15, 0.2) is 18.3 Å². The van der Waals surface area contributed by atoms with Gasteiger partial charge >= 0.3 is 0 Å². The minimum Gasteiger partial charge on any atom is -0.355 e. The lowest BCUT2D eigenvalue weighted by atomic mass is 9.88. The third kappa shape index (κ3) is 2.43. The maximum absolute atomic E-state index is 12.1. The molecule has 0 radical (unpaired) electrons. The quantitative estimate of drug-likeness (QED) is 0.795. The molecule has 90 valence electrons. The van der Waals surface area contributed by atoms with Gasteiger partial charge in [-0.25, -0.2) is 4.98 Å². The molecule has 1 aliphatic rings. The molecule has 0 aromatic carbocycles. The summed E-state index contributed by atoms with van der Waals surface area (Å²) in [4.78, 5) is 27.3. The number of aryl methyl sites for hydroxylation is 1. The maximum Gasteiger partial charge on any atom is 0.233 e. The largest absolute Gasteiger partial charge is 0.355 e. The number of nitrogens with one attached hydrogen (secondary N) is 2. The predicted molar refractivity (Wildman–Crippen MR) is 63.3 cm³/mol. The van der Waals surface area contributed by atoms with Gasteiger partial charge < -0.3 is 10.6 Å². The van der Waals surface area contributed by atoms with Crippen molar-refractivity contribution < 1.29 is 9.59 Å². The molecule has 1 saturated heterocycles. The second-order valence-electron chi connectivity index (χ2n) is 4.69. The van der Waals surface area contributed by atoms with Crippen molar-refractivity contribution in [2.75, 3.05) is 11.9 Å². The van der Waals surface area contributed by atoms with Crippen LogP contribution in [0.25, 0.3) is 0 Å². The lowest BCUT2D eigenvalue weighted by Gasteiger charge is -2.19. The summed E-state index contributed by atoms with van der Waals surface area (Å²) in [5.74, 6) is 0.268. The Morgan fingerprint density at radius 3 is 2.94 bits per heavy atom. The molecule has 17 heavy (non-hydrogen) atoms. The van der Waals surface area contributed by atoms with Gasteiger partial charge in [-0.2, -0.15) is 0 Å². The zero-order valence-electron chi connectivity index (χ0n) is 9.91. The molecule has 5 heteroatoms. The molecule has 5 nitrogen and oxygen atoms in total. The number of nitrogens with zero attached hydrogens (tertiary/aromatic N) is 1. The molecule has 1 atom stereocenters. The van der Waals surface area contributed by atoms with Crippen molar-refractivity contribution in [3.8, 4) is 0 Å². The van der Waals surface area contributed by atoms with Crippen molar-refractivity contribution in [3.63, 3.8) is 0 Å². The Kier molecular flexibility index (Phi) is 2.83. The Hall–Kier alpha value is -1.91. The van der Waals surface area contributed by atoms with Crippen molar-refractivity contribution in [1.82, 2.24) is 10.3 Å². The summed E-state index contributed by atoms with van der Waals surface area (Å²) >= 11 is 0. The number of hydrogen-bond donors (Lipinski definition) is 2. The van der Waals surface area contributed by atoms with E-state index in [1.54, 1.807) is 19.2 Å². The Bertz CT molecular complexity index is 473. The Morgan fingerprint density at radius 1 is 1.59 bits per heavy atom. The molecule has 2 heterocycles. The SMILES string of the molecule is Cc1ccnc(NC(=O)C2(C)CNC(=O)C2)c1. The second-order valence-corrected chi connectivity index (χ2v) is 4.69. The first-order valence-electron chi connectivity index (χ1n) is 5.50. The molecular formula is C12H15N3O2. The van der Waals surface area contributed by atoms with Gasteiger partial charge in [-0.05, 0) is 31.5 Å². The topological polar surface area (TPSA) is 71.1 Å². The van der Waals surface area contributed by atoms with Crippen LogP contribution >= 0.6 is 0 Å². The number of pyridine rings is 1. The molecule has 2 N–H and O–H groups in total. The monoisotopic (exact) mass is 233 g/mol. The van der Waals surface area contributed by atoms with E-state index in [2.05, 4.69) is 15.6 Å². The second kappa shape index (κ2) is 4.16. The van der Waals surface area contributed by atoms with E-state index in [9.17, 15) is 9.59 Å². The fraction of sp³-hybridized carbons (Fsp3) is 0.417. The van der Waals surface area contributed by atoms with Gasteiger partial charge in [-0.1, -0.05) is 0 Å². The van der Waals surface area contributed by atoms with Gasteiger partial charge in [0.15, 0.2) is 0 Å². The van der Waals surface area contributed by atoms with E-state index < -0.39 is 5.41 Å². The van der Waals surface area contributed by atoms with Crippen LogP contribution in [-0.4, -0.2) is 23.3 Å². The number of hydrogen-bond acceptors (Lipinski definition) is 3. The molecule has 1 aromatic heterocycles. The van der Waals surface area contributed by atoms with Crippen LogP contribution in [-0.2, 0) is 9.59 Å². The highest BCUT2D eigenvalue weighted by molar-refractivity contribution is 5.99.